The number of aryl methyl sites for hydroxylation is 1. The van der Waals surface area contributed by atoms with Gasteiger partial charge in [0.25, 0.3) is 0 Å². The van der Waals surface area contributed by atoms with Crippen molar-refractivity contribution in [3.05, 3.63) is 129 Å². The van der Waals surface area contributed by atoms with Crippen molar-refractivity contribution in [3.63, 3.8) is 0 Å². The van der Waals surface area contributed by atoms with Gasteiger partial charge in [-0.25, -0.2) is 19.3 Å². The van der Waals surface area contributed by atoms with E-state index in [4.69, 9.17) is 19.2 Å². The van der Waals surface area contributed by atoms with Crippen molar-refractivity contribution >= 4 is 28.0 Å². The van der Waals surface area contributed by atoms with E-state index in [0.29, 0.717) is 39.8 Å². The summed E-state index contributed by atoms with van der Waals surface area (Å²) >= 11 is 1.63. The topological polar surface area (TPSA) is 82.5 Å². The van der Waals surface area contributed by atoms with Gasteiger partial charge >= 0.3 is 5.63 Å². The molecule has 0 amide bonds. The molecule has 1 aliphatic heterocycles. The highest BCUT2D eigenvalue weighted by Crippen LogP contribution is 2.50. The zero-order valence-corrected chi connectivity index (χ0v) is 22.1. The van der Waals surface area contributed by atoms with Crippen LogP contribution in [0.5, 0.6) is 11.6 Å². The van der Waals surface area contributed by atoms with Gasteiger partial charge in [0.05, 0.1) is 22.4 Å². The van der Waals surface area contributed by atoms with Crippen LogP contribution in [0.2, 0.25) is 0 Å². The highest BCUT2D eigenvalue weighted by Gasteiger charge is 2.38. The quantitative estimate of drug-likeness (QED) is 0.220. The van der Waals surface area contributed by atoms with Gasteiger partial charge in [-0.1, -0.05) is 66.7 Å². The lowest BCUT2D eigenvalue weighted by Gasteiger charge is -2.26. The first-order valence-corrected chi connectivity index (χ1v) is 13.7. The maximum atomic E-state index is 13.5. The minimum absolute atomic E-state index is 0.408. The van der Waals surface area contributed by atoms with E-state index in [9.17, 15) is 4.79 Å². The molecule has 0 fully saturated rings. The molecule has 1 atom stereocenters. The number of aromatic nitrogens is 4. The molecule has 192 valence electrons. The summed E-state index contributed by atoms with van der Waals surface area (Å²) in [5, 5.41) is 5.47. The lowest BCUT2D eigenvalue weighted by molar-refractivity contribution is 0.423. The summed E-state index contributed by atoms with van der Waals surface area (Å²) in [4.78, 5) is 25.2. The lowest BCUT2D eigenvalue weighted by atomic mass is 9.88. The van der Waals surface area contributed by atoms with Crippen molar-refractivity contribution < 1.29 is 9.15 Å². The zero-order chi connectivity index (χ0) is 26.8. The Hall–Kier alpha value is -5.08. The van der Waals surface area contributed by atoms with Gasteiger partial charge in [0.15, 0.2) is 17.2 Å². The van der Waals surface area contributed by atoms with Crippen molar-refractivity contribution in [2.24, 2.45) is 0 Å². The molecule has 40 heavy (non-hydrogen) atoms. The standard InChI is InChI=1S/C32H20N4O3S/c1-18-11-16-24(40-18)25-26-28(22-9-5-6-10-23(22)38-32(26)37)39-31-27(25)30-34-29(35-36(30)17-33-31)21-14-12-20(13-15-21)19-7-3-2-4-8-19/h2-17,25H,1H3. The van der Waals surface area contributed by atoms with Crippen LogP contribution in [0, 0.1) is 6.92 Å². The zero-order valence-electron chi connectivity index (χ0n) is 21.2. The summed E-state index contributed by atoms with van der Waals surface area (Å²) in [6.07, 6.45) is 1.61. The van der Waals surface area contributed by atoms with Crippen molar-refractivity contribution in [2.45, 2.75) is 12.8 Å². The molecule has 7 nitrogen and oxygen atoms in total. The molecule has 4 aromatic heterocycles. The Morgan fingerprint density at radius 1 is 0.825 bits per heavy atom. The maximum absolute atomic E-state index is 13.5. The number of benzene rings is 3. The Morgan fingerprint density at radius 3 is 2.38 bits per heavy atom. The van der Waals surface area contributed by atoms with Crippen LogP contribution in [0.1, 0.15) is 26.8 Å². The van der Waals surface area contributed by atoms with Gasteiger partial charge in [0.1, 0.15) is 11.9 Å². The van der Waals surface area contributed by atoms with E-state index < -0.39 is 11.5 Å². The SMILES string of the molecule is Cc1ccc(C2c3c(c4ccccc4oc3=O)Oc3ncn4nc(-c5ccc(-c6ccccc6)cc5)nc4c32)s1. The van der Waals surface area contributed by atoms with E-state index in [-0.39, 0.29) is 0 Å². The van der Waals surface area contributed by atoms with E-state index in [2.05, 4.69) is 35.3 Å². The van der Waals surface area contributed by atoms with Crippen LogP contribution < -0.4 is 10.4 Å². The molecule has 1 aliphatic rings. The molecule has 5 heterocycles. The normalized spacial score (nSPS) is 14.2. The molecular formula is C32H20N4O3S. The molecule has 1 unspecified atom stereocenters. The van der Waals surface area contributed by atoms with E-state index in [1.165, 1.54) is 0 Å². The number of thiophene rings is 1. The van der Waals surface area contributed by atoms with Crippen LogP contribution in [0.4, 0.5) is 0 Å². The minimum atomic E-state index is -0.466. The van der Waals surface area contributed by atoms with Crippen LogP contribution >= 0.6 is 11.3 Å². The Bertz CT molecular complexity index is 2130. The maximum Gasteiger partial charge on any atom is 0.344 e. The summed E-state index contributed by atoms with van der Waals surface area (Å²) in [5.74, 6) is 0.980. The predicted molar refractivity (Wildman–Crippen MR) is 154 cm³/mol. The third kappa shape index (κ3) is 3.50. The van der Waals surface area contributed by atoms with Gasteiger partial charge in [-0.3, -0.25) is 0 Å². The molecule has 8 rings (SSSR count). The summed E-state index contributed by atoms with van der Waals surface area (Å²) in [7, 11) is 0. The second-order valence-electron chi connectivity index (χ2n) is 9.72. The monoisotopic (exact) mass is 540 g/mol. The average Bonchev–Trinajstić information content (AvgIpc) is 3.63. The minimum Gasteiger partial charge on any atom is -0.437 e. The number of fused-ring (bicyclic) bond motifs is 6. The molecule has 0 saturated heterocycles. The summed E-state index contributed by atoms with van der Waals surface area (Å²) in [5.41, 5.74) is 4.90. The fourth-order valence-corrected chi connectivity index (χ4v) is 6.38. The van der Waals surface area contributed by atoms with E-state index in [1.54, 1.807) is 28.2 Å². The first-order chi connectivity index (χ1) is 19.6. The highest BCUT2D eigenvalue weighted by molar-refractivity contribution is 7.12. The Morgan fingerprint density at radius 2 is 1.57 bits per heavy atom. The predicted octanol–water partition coefficient (Wildman–Crippen LogP) is 7.22. The molecular weight excluding hydrogens is 520 g/mol. The van der Waals surface area contributed by atoms with E-state index in [0.717, 1.165) is 31.8 Å². The smallest absolute Gasteiger partial charge is 0.344 e. The average molecular weight is 541 g/mol. The molecule has 3 aromatic carbocycles. The highest BCUT2D eigenvalue weighted by atomic mass is 32.1. The summed E-state index contributed by atoms with van der Waals surface area (Å²) in [6, 6.07) is 29.9. The van der Waals surface area contributed by atoms with Gasteiger partial charge in [-0.05, 0) is 42.3 Å². The molecule has 7 aromatic rings. The summed E-state index contributed by atoms with van der Waals surface area (Å²) in [6.45, 7) is 2.05. The Labute approximate surface area is 232 Å². The Balaban J connectivity index is 1.32. The fraction of sp³-hybridized carbons (Fsp3) is 0.0625. The number of ether oxygens (including phenoxy) is 1. The molecule has 8 heteroatoms. The van der Waals surface area contributed by atoms with Gasteiger partial charge < -0.3 is 9.15 Å². The number of hydrogen-bond acceptors (Lipinski definition) is 7. The second-order valence-corrected chi connectivity index (χ2v) is 11.0. The van der Waals surface area contributed by atoms with Gasteiger partial charge in [-0.2, -0.15) is 0 Å². The van der Waals surface area contributed by atoms with Gasteiger partial charge in [0.2, 0.25) is 5.88 Å². The van der Waals surface area contributed by atoms with Crippen LogP contribution in [-0.4, -0.2) is 19.6 Å². The van der Waals surface area contributed by atoms with E-state index in [1.807, 2.05) is 61.5 Å². The molecule has 0 saturated carbocycles. The van der Waals surface area contributed by atoms with Crippen molar-refractivity contribution in [2.75, 3.05) is 0 Å². The third-order valence-corrected chi connectivity index (χ3v) is 8.32. The third-order valence-electron chi connectivity index (χ3n) is 7.26. The number of hydrogen-bond donors (Lipinski definition) is 0. The van der Waals surface area contributed by atoms with Crippen LogP contribution in [0.3, 0.4) is 0 Å². The molecule has 0 aliphatic carbocycles. The first kappa shape index (κ1) is 22.9. The van der Waals surface area contributed by atoms with Crippen molar-refractivity contribution in [3.8, 4) is 34.1 Å². The largest absolute Gasteiger partial charge is 0.437 e. The van der Waals surface area contributed by atoms with Crippen LogP contribution in [-0.2, 0) is 0 Å². The number of para-hydroxylation sites is 1. The van der Waals surface area contributed by atoms with Gasteiger partial charge in [-0.15, -0.1) is 16.4 Å². The van der Waals surface area contributed by atoms with Crippen LogP contribution in [0.15, 0.2) is 107 Å². The van der Waals surface area contributed by atoms with Crippen molar-refractivity contribution in [1.82, 2.24) is 19.6 Å². The number of rotatable bonds is 3. The van der Waals surface area contributed by atoms with Crippen molar-refractivity contribution in [1.29, 1.82) is 0 Å². The Kier molecular flexibility index (Phi) is 4.99. The first-order valence-electron chi connectivity index (χ1n) is 12.8. The van der Waals surface area contributed by atoms with E-state index >= 15 is 0 Å². The molecule has 0 spiro atoms. The number of nitrogens with zero attached hydrogens (tertiary/aromatic N) is 4. The molecule has 0 radical (unpaired) electrons. The summed E-state index contributed by atoms with van der Waals surface area (Å²) < 4.78 is 13.8. The molecule has 0 N–H and O–H groups in total. The second kappa shape index (κ2) is 8.72. The van der Waals surface area contributed by atoms with Crippen LogP contribution in [0.25, 0.3) is 39.1 Å². The molecule has 0 bridgehead atoms. The fourth-order valence-electron chi connectivity index (χ4n) is 5.39. The lowest BCUT2D eigenvalue weighted by Crippen LogP contribution is -2.21. The van der Waals surface area contributed by atoms with Gasteiger partial charge in [0, 0.05) is 15.3 Å².